The first-order valence-corrected chi connectivity index (χ1v) is 6.20. The first-order chi connectivity index (χ1) is 9.70. The molecule has 1 amide bonds. The summed E-state index contributed by atoms with van der Waals surface area (Å²) < 4.78 is 13.4. The molecule has 0 atom stereocenters. The van der Waals surface area contributed by atoms with Gasteiger partial charge in [0.1, 0.15) is 5.75 Å². The van der Waals surface area contributed by atoms with Gasteiger partial charge in [0.2, 0.25) is 11.5 Å². The van der Waals surface area contributed by atoms with Crippen molar-refractivity contribution in [2.45, 2.75) is 0 Å². The Kier molecular flexibility index (Phi) is 4.37. The van der Waals surface area contributed by atoms with Gasteiger partial charge in [0, 0.05) is 18.0 Å². The van der Waals surface area contributed by atoms with Crippen LogP contribution in [0.15, 0.2) is 47.1 Å². The second kappa shape index (κ2) is 6.41. The van der Waals surface area contributed by atoms with E-state index in [1.807, 2.05) is 0 Å². The van der Waals surface area contributed by atoms with E-state index in [0.29, 0.717) is 11.1 Å². The second-order valence-electron chi connectivity index (χ2n) is 3.70. The molecule has 1 aromatic heterocycles. The van der Waals surface area contributed by atoms with Gasteiger partial charge in [-0.25, -0.2) is 0 Å². The van der Waals surface area contributed by atoms with Crippen molar-refractivity contribution in [2.75, 3.05) is 0 Å². The van der Waals surface area contributed by atoms with Gasteiger partial charge in [0.15, 0.2) is 0 Å². The fourth-order valence-electron chi connectivity index (χ4n) is 1.43. The largest absolute Gasteiger partial charge is 0.507 e. The summed E-state index contributed by atoms with van der Waals surface area (Å²) in [6, 6.07) is 8.15. The van der Waals surface area contributed by atoms with Crippen LogP contribution in [0.5, 0.6) is 5.75 Å². The molecular weight excluding hydrogens is 276 g/mol. The number of para-hydroxylation sites is 1. The smallest absolute Gasteiger partial charge is 0.291 e. The van der Waals surface area contributed by atoms with Crippen LogP contribution in [0.3, 0.4) is 0 Å². The van der Waals surface area contributed by atoms with Crippen molar-refractivity contribution in [1.82, 2.24) is 4.98 Å². The molecule has 0 aliphatic rings. The van der Waals surface area contributed by atoms with E-state index in [1.165, 1.54) is 24.5 Å². The maximum atomic E-state index is 11.4. The molecule has 1 N–H and O–H groups in total. The summed E-state index contributed by atoms with van der Waals surface area (Å²) in [6.07, 6.45) is 2.79. The monoisotopic (exact) mass is 284 g/mol. The normalized spacial score (nSPS) is 9.20. The van der Waals surface area contributed by atoms with Crippen molar-refractivity contribution in [1.29, 1.82) is 0 Å². The molecule has 1 aromatic carbocycles. The van der Waals surface area contributed by atoms with Crippen LogP contribution in [0.2, 0.25) is 0 Å². The Morgan fingerprint density at radius 1 is 1.25 bits per heavy atom. The number of benzene rings is 1. The van der Waals surface area contributed by atoms with Gasteiger partial charge in [-0.05, 0) is 18.2 Å². The highest BCUT2D eigenvalue weighted by Gasteiger charge is 2.04. The van der Waals surface area contributed by atoms with Crippen molar-refractivity contribution >= 4 is 17.4 Å². The van der Waals surface area contributed by atoms with Gasteiger partial charge < -0.3 is 5.11 Å². The minimum Gasteiger partial charge on any atom is -0.507 e. The van der Waals surface area contributed by atoms with Gasteiger partial charge in [0.25, 0.3) is 5.91 Å². The Morgan fingerprint density at radius 3 is 2.80 bits per heavy atom. The van der Waals surface area contributed by atoms with Crippen LogP contribution in [-0.4, -0.2) is 20.2 Å². The molecule has 20 heavy (non-hydrogen) atoms. The van der Waals surface area contributed by atoms with E-state index in [9.17, 15) is 14.1 Å². The zero-order chi connectivity index (χ0) is 14.4. The molecule has 0 saturated carbocycles. The number of nitrogens with zero attached hydrogens (tertiary/aromatic N) is 2. The summed E-state index contributed by atoms with van der Waals surface area (Å²) in [7, 11) is 0. The molecule has 2 rings (SSSR count). The molecule has 0 bridgehead atoms. The minimum atomic E-state index is -0.649. The number of rotatable bonds is 1. The molecule has 1 heterocycles. The predicted molar refractivity (Wildman–Crippen MR) is 73.2 cm³/mol. The molecule has 0 radical (unpaired) electrons. The van der Waals surface area contributed by atoms with Crippen molar-refractivity contribution in [3.05, 3.63) is 59.4 Å². The van der Waals surface area contributed by atoms with Gasteiger partial charge >= 0.3 is 0 Å². The molecule has 2 aromatic rings. The standard InChI is InChI=1S/C14H8N2O3S/c17-13-4-2-1-3-11(13)6-5-10-7-12(9-15-8-10)14(18)16-20-19/h1-4,7-9,17H. The molecule has 6 heteroatoms. The number of hydrogen-bond donors (Lipinski definition) is 1. The Morgan fingerprint density at radius 2 is 2.05 bits per heavy atom. The number of hydrogen-bond acceptors (Lipinski definition) is 4. The van der Waals surface area contributed by atoms with E-state index in [-0.39, 0.29) is 22.8 Å². The number of amides is 1. The van der Waals surface area contributed by atoms with Crippen LogP contribution in [0.25, 0.3) is 0 Å². The van der Waals surface area contributed by atoms with Gasteiger partial charge in [-0.1, -0.05) is 24.0 Å². The number of aromatic hydroxyl groups is 1. The molecule has 0 aliphatic heterocycles. The lowest BCUT2D eigenvalue weighted by molar-refractivity contribution is 0.100. The lowest BCUT2D eigenvalue weighted by Crippen LogP contribution is -1.95. The minimum absolute atomic E-state index is 0.0814. The summed E-state index contributed by atoms with van der Waals surface area (Å²) in [5.74, 6) is 5.00. The van der Waals surface area contributed by atoms with Gasteiger partial charge in [-0.15, -0.1) is 4.36 Å². The van der Waals surface area contributed by atoms with E-state index in [1.54, 1.807) is 18.2 Å². The Labute approximate surface area is 118 Å². The average molecular weight is 284 g/mol. The van der Waals surface area contributed by atoms with E-state index >= 15 is 0 Å². The quantitative estimate of drug-likeness (QED) is 0.809. The maximum Gasteiger partial charge on any atom is 0.291 e. The summed E-state index contributed by atoms with van der Waals surface area (Å²) in [5, 5.41) is 9.58. The van der Waals surface area contributed by atoms with Crippen LogP contribution >= 0.6 is 0 Å². The fraction of sp³-hybridized carbons (Fsp3) is 0. The zero-order valence-electron chi connectivity index (χ0n) is 10.1. The van der Waals surface area contributed by atoms with Crippen LogP contribution in [0, 0.1) is 11.8 Å². The van der Waals surface area contributed by atoms with E-state index in [4.69, 9.17) is 0 Å². The Hall–Kier alpha value is -2.78. The van der Waals surface area contributed by atoms with Crippen LogP contribution in [0.4, 0.5) is 0 Å². The third-order valence-corrected chi connectivity index (χ3v) is 2.59. The average Bonchev–Trinajstić information content (AvgIpc) is 2.47. The predicted octanol–water partition coefficient (Wildman–Crippen LogP) is 1.72. The molecule has 0 unspecified atom stereocenters. The molecular formula is C14H8N2O3S. The first-order valence-electron chi connectivity index (χ1n) is 5.50. The summed E-state index contributed by atoms with van der Waals surface area (Å²) >= 11 is -0.149. The molecule has 98 valence electrons. The zero-order valence-corrected chi connectivity index (χ0v) is 10.9. The lowest BCUT2D eigenvalue weighted by atomic mass is 10.1. The summed E-state index contributed by atoms with van der Waals surface area (Å²) in [4.78, 5) is 15.3. The number of aromatic nitrogens is 1. The SMILES string of the molecule is O=S=NC(=O)c1cncc(C#Cc2ccccc2O)c1. The van der Waals surface area contributed by atoms with Crippen molar-refractivity contribution < 1.29 is 14.1 Å². The molecule has 0 saturated heterocycles. The number of carbonyl (C=O) groups is 1. The Bertz CT molecular complexity index is 771. The van der Waals surface area contributed by atoms with Crippen molar-refractivity contribution in [3.8, 4) is 17.6 Å². The highest BCUT2D eigenvalue weighted by atomic mass is 32.1. The molecule has 5 nitrogen and oxygen atoms in total. The fourth-order valence-corrected chi connectivity index (χ4v) is 1.60. The first kappa shape index (κ1) is 13.6. The van der Waals surface area contributed by atoms with Crippen LogP contribution < -0.4 is 0 Å². The Balaban J connectivity index is 2.32. The second-order valence-corrected chi connectivity index (χ2v) is 4.03. The molecule has 0 aliphatic carbocycles. The van der Waals surface area contributed by atoms with E-state index in [0.717, 1.165) is 0 Å². The van der Waals surface area contributed by atoms with Crippen molar-refractivity contribution in [2.24, 2.45) is 4.36 Å². The van der Waals surface area contributed by atoms with Crippen LogP contribution in [0.1, 0.15) is 21.5 Å². The van der Waals surface area contributed by atoms with Gasteiger partial charge in [-0.3, -0.25) is 9.78 Å². The highest BCUT2D eigenvalue weighted by molar-refractivity contribution is 7.55. The maximum absolute atomic E-state index is 11.4. The highest BCUT2D eigenvalue weighted by Crippen LogP contribution is 2.14. The number of phenols is 1. The lowest BCUT2D eigenvalue weighted by Gasteiger charge is -1.95. The third-order valence-electron chi connectivity index (χ3n) is 2.35. The number of phenolic OH excluding ortho intramolecular Hbond substituents is 1. The summed E-state index contributed by atoms with van der Waals surface area (Å²) in [5.41, 5.74) is 1.16. The topological polar surface area (TPSA) is 79.6 Å². The van der Waals surface area contributed by atoms with E-state index < -0.39 is 5.91 Å². The van der Waals surface area contributed by atoms with Gasteiger partial charge in [0.05, 0.1) is 11.1 Å². The summed E-state index contributed by atoms with van der Waals surface area (Å²) in [6.45, 7) is 0. The number of pyridine rings is 1. The van der Waals surface area contributed by atoms with Gasteiger partial charge in [-0.2, -0.15) is 4.21 Å². The third kappa shape index (κ3) is 3.37. The van der Waals surface area contributed by atoms with Crippen LogP contribution in [-0.2, 0) is 11.5 Å². The van der Waals surface area contributed by atoms with E-state index in [2.05, 4.69) is 21.2 Å². The number of carbonyl (C=O) groups excluding carboxylic acids is 1. The molecule has 0 spiro atoms. The van der Waals surface area contributed by atoms with Crippen molar-refractivity contribution in [3.63, 3.8) is 0 Å². The molecule has 0 fully saturated rings.